The molecule has 2 aromatic carbocycles. The maximum Gasteiger partial charge on any atom is 0.241 e. The number of nitrogens with zero attached hydrogens (tertiary/aromatic N) is 1. The van der Waals surface area contributed by atoms with Crippen LogP contribution in [0.2, 0.25) is 0 Å². The molecule has 1 amide bonds. The fourth-order valence-corrected chi connectivity index (χ4v) is 4.77. The van der Waals surface area contributed by atoms with Crippen LogP contribution in [0, 0.1) is 0 Å². The van der Waals surface area contributed by atoms with Gasteiger partial charge in [-0.1, -0.05) is 25.1 Å². The van der Waals surface area contributed by atoms with Gasteiger partial charge in [0, 0.05) is 0 Å². The van der Waals surface area contributed by atoms with E-state index in [1.165, 1.54) is 24.0 Å². The number of carbonyl (C=O) groups is 1. The molecule has 0 aliphatic heterocycles. The molecule has 0 fully saturated rings. The highest BCUT2D eigenvalue weighted by Gasteiger charge is 2.23. The number of fused-ring (bicyclic) bond motifs is 1. The van der Waals surface area contributed by atoms with Crippen LogP contribution in [0.25, 0.3) is 0 Å². The number of hydrogen-bond donors (Lipinski definition) is 1. The lowest BCUT2D eigenvalue weighted by Gasteiger charge is -2.25. The summed E-state index contributed by atoms with van der Waals surface area (Å²) in [6.07, 6.45) is 6.45. The van der Waals surface area contributed by atoms with Gasteiger partial charge in [-0.05, 0) is 73.1 Å². The van der Waals surface area contributed by atoms with Crippen LogP contribution in [0.5, 0.6) is 5.75 Å². The first kappa shape index (κ1) is 22.2. The summed E-state index contributed by atoms with van der Waals surface area (Å²) in [7, 11) is -2.08. The van der Waals surface area contributed by atoms with E-state index in [9.17, 15) is 13.2 Å². The zero-order valence-corrected chi connectivity index (χ0v) is 18.7. The van der Waals surface area contributed by atoms with Gasteiger partial charge in [-0.25, -0.2) is 8.42 Å². The van der Waals surface area contributed by atoms with E-state index in [4.69, 9.17) is 4.74 Å². The van der Waals surface area contributed by atoms with Crippen molar-refractivity contribution in [3.63, 3.8) is 0 Å². The molecule has 7 heteroatoms. The lowest BCUT2D eigenvalue weighted by molar-refractivity contribution is -0.120. The Balaban J connectivity index is 1.75. The number of benzene rings is 2. The summed E-state index contributed by atoms with van der Waals surface area (Å²) in [5.74, 6) is 0.288. The maximum absolute atomic E-state index is 12.8. The average Bonchev–Trinajstić information content (AvgIpc) is 2.75. The third-order valence-electron chi connectivity index (χ3n) is 5.57. The molecule has 1 aliphatic rings. The van der Waals surface area contributed by atoms with Crippen molar-refractivity contribution in [1.82, 2.24) is 5.32 Å². The Kier molecular flexibility index (Phi) is 7.02. The Hall–Kier alpha value is -2.54. The van der Waals surface area contributed by atoms with Crippen molar-refractivity contribution in [2.24, 2.45) is 0 Å². The minimum absolute atomic E-state index is 0.151. The molecule has 1 N–H and O–H groups in total. The SMILES string of the molecule is CC[C@H](NC(=O)CN(c1ccc(OC)cc1)S(C)(=O)=O)c1ccc2c(c1)CCCC2. The molecule has 6 nitrogen and oxygen atoms in total. The van der Waals surface area contributed by atoms with E-state index in [1.54, 1.807) is 31.4 Å². The molecule has 0 bridgehead atoms. The molecule has 0 aromatic heterocycles. The Bertz CT molecular complexity index is 987. The normalized spacial score (nSPS) is 14.5. The minimum Gasteiger partial charge on any atom is -0.497 e. The van der Waals surface area contributed by atoms with E-state index in [1.807, 2.05) is 6.92 Å². The number of methoxy groups -OCH3 is 1. The average molecular weight is 431 g/mol. The molecule has 2 aromatic rings. The van der Waals surface area contributed by atoms with Crippen molar-refractivity contribution in [2.75, 3.05) is 24.2 Å². The maximum atomic E-state index is 12.8. The Morgan fingerprint density at radius 3 is 2.37 bits per heavy atom. The first-order valence-corrected chi connectivity index (χ1v) is 12.2. The molecule has 0 spiro atoms. The lowest BCUT2D eigenvalue weighted by Crippen LogP contribution is -2.41. The number of hydrogen-bond acceptors (Lipinski definition) is 4. The quantitative estimate of drug-likeness (QED) is 0.694. The predicted octanol–water partition coefficient (Wildman–Crippen LogP) is 3.61. The molecule has 0 unspecified atom stereocenters. The van der Waals surface area contributed by atoms with Gasteiger partial charge >= 0.3 is 0 Å². The summed E-state index contributed by atoms with van der Waals surface area (Å²) < 4.78 is 30.9. The molecular formula is C23H30N2O4S. The van der Waals surface area contributed by atoms with Crippen molar-refractivity contribution >= 4 is 21.6 Å². The van der Waals surface area contributed by atoms with Gasteiger partial charge < -0.3 is 10.1 Å². The van der Waals surface area contributed by atoms with Gasteiger partial charge in [-0.15, -0.1) is 0 Å². The molecule has 0 radical (unpaired) electrons. The van der Waals surface area contributed by atoms with Crippen molar-refractivity contribution < 1.29 is 17.9 Å². The number of amides is 1. The summed E-state index contributed by atoms with van der Waals surface area (Å²) in [6, 6.07) is 12.9. The standard InChI is InChI=1S/C23H30N2O4S/c1-4-22(19-10-9-17-7-5-6-8-18(17)15-19)24-23(26)16-25(30(3,27)28)20-11-13-21(29-2)14-12-20/h9-15,22H,4-8,16H2,1-3H3,(H,24,26)/t22-/m0/s1. The summed E-state index contributed by atoms with van der Waals surface area (Å²) in [6.45, 7) is 1.74. The van der Waals surface area contributed by atoms with Crippen LogP contribution < -0.4 is 14.4 Å². The topological polar surface area (TPSA) is 75.7 Å². The molecule has 162 valence electrons. The Morgan fingerprint density at radius 1 is 1.10 bits per heavy atom. The van der Waals surface area contributed by atoms with Gasteiger partial charge in [0.05, 0.1) is 25.1 Å². The molecular weight excluding hydrogens is 400 g/mol. The van der Waals surface area contributed by atoms with E-state index in [2.05, 4.69) is 23.5 Å². The largest absolute Gasteiger partial charge is 0.497 e. The summed E-state index contributed by atoms with van der Waals surface area (Å²) in [5, 5.41) is 3.01. The highest BCUT2D eigenvalue weighted by molar-refractivity contribution is 7.92. The number of ether oxygens (including phenoxy) is 1. The van der Waals surface area contributed by atoms with Crippen LogP contribution >= 0.6 is 0 Å². The molecule has 1 atom stereocenters. The van der Waals surface area contributed by atoms with Crippen LogP contribution in [0.4, 0.5) is 5.69 Å². The Labute approximate surface area is 179 Å². The highest BCUT2D eigenvalue weighted by Crippen LogP contribution is 2.26. The van der Waals surface area contributed by atoms with Crippen molar-refractivity contribution in [1.29, 1.82) is 0 Å². The number of rotatable bonds is 8. The van der Waals surface area contributed by atoms with Crippen LogP contribution in [0.3, 0.4) is 0 Å². The van der Waals surface area contributed by atoms with Crippen LogP contribution in [0.15, 0.2) is 42.5 Å². The zero-order valence-electron chi connectivity index (χ0n) is 17.8. The van der Waals surface area contributed by atoms with E-state index in [-0.39, 0.29) is 18.5 Å². The highest BCUT2D eigenvalue weighted by atomic mass is 32.2. The third kappa shape index (κ3) is 5.33. The van der Waals surface area contributed by atoms with E-state index in [0.29, 0.717) is 11.4 Å². The van der Waals surface area contributed by atoms with Crippen LogP contribution in [-0.2, 0) is 27.7 Å². The van der Waals surface area contributed by atoms with E-state index >= 15 is 0 Å². The fraction of sp³-hybridized carbons (Fsp3) is 0.435. The smallest absolute Gasteiger partial charge is 0.241 e. The van der Waals surface area contributed by atoms with Gasteiger partial charge in [0.25, 0.3) is 0 Å². The van der Waals surface area contributed by atoms with Crippen molar-refractivity contribution in [3.8, 4) is 5.75 Å². The fourth-order valence-electron chi connectivity index (χ4n) is 3.91. The van der Waals surface area contributed by atoms with Crippen molar-refractivity contribution in [2.45, 2.75) is 45.1 Å². The second kappa shape index (κ2) is 9.51. The van der Waals surface area contributed by atoms with Gasteiger partial charge in [-0.3, -0.25) is 9.10 Å². The number of anilines is 1. The molecule has 30 heavy (non-hydrogen) atoms. The van der Waals surface area contributed by atoms with Crippen molar-refractivity contribution in [3.05, 3.63) is 59.2 Å². The molecule has 0 saturated heterocycles. The summed E-state index contributed by atoms with van der Waals surface area (Å²) >= 11 is 0. The third-order valence-corrected chi connectivity index (χ3v) is 6.71. The number of aryl methyl sites for hydroxylation is 2. The second-order valence-corrected chi connectivity index (χ2v) is 9.64. The number of sulfonamides is 1. The minimum atomic E-state index is -3.62. The molecule has 0 heterocycles. The first-order chi connectivity index (χ1) is 14.3. The predicted molar refractivity (Wildman–Crippen MR) is 119 cm³/mol. The molecule has 0 saturated carbocycles. The van der Waals surface area contributed by atoms with Gasteiger partial charge in [0.2, 0.25) is 15.9 Å². The van der Waals surface area contributed by atoms with E-state index in [0.717, 1.165) is 35.4 Å². The van der Waals surface area contributed by atoms with E-state index < -0.39 is 10.0 Å². The number of nitrogens with one attached hydrogen (secondary N) is 1. The lowest BCUT2D eigenvalue weighted by atomic mass is 9.89. The first-order valence-electron chi connectivity index (χ1n) is 10.3. The monoisotopic (exact) mass is 430 g/mol. The van der Waals surface area contributed by atoms with Gasteiger partial charge in [0.1, 0.15) is 12.3 Å². The summed E-state index contributed by atoms with van der Waals surface area (Å²) in [5.41, 5.74) is 4.26. The Morgan fingerprint density at radius 2 is 1.77 bits per heavy atom. The van der Waals surface area contributed by atoms with Crippen LogP contribution in [-0.4, -0.2) is 34.2 Å². The number of carbonyl (C=O) groups excluding carboxylic acids is 1. The molecule has 1 aliphatic carbocycles. The van der Waals surface area contributed by atoms with Crippen LogP contribution in [0.1, 0.15) is 48.9 Å². The summed E-state index contributed by atoms with van der Waals surface area (Å²) in [4.78, 5) is 12.8. The second-order valence-electron chi connectivity index (χ2n) is 7.73. The molecule has 3 rings (SSSR count). The van der Waals surface area contributed by atoms with Gasteiger partial charge in [0.15, 0.2) is 0 Å². The zero-order chi connectivity index (χ0) is 21.7. The van der Waals surface area contributed by atoms with Gasteiger partial charge in [-0.2, -0.15) is 0 Å².